The minimum absolute atomic E-state index is 0.197. The molecule has 0 saturated carbocycles. The molecule has 0 radical (unpaired) electrons. The third-order valence-corrected chi connectivity index (χ3v) is 12.0. The van der Waals surface area contributed by atoms with E-state index in [1.165, 1.54) is 0 Å². The number of rotatable bonds is 3. The van der Waals surface area contributed by atoms with Crippen molar-refractivity contribution in [1.82, 2.24) is 9.13 Å². The molecule has 0 aliphatic carbocycles. The van der Waals surface area contributed by atoms with Crippen LogP contribution in [0.15, 0.2) is 97.1 Å². The van der Waals surface area contributed by atoms with Gasteiger partial charge in [-0.05, 0) is 91.9 Å². The fourth-order valence-electron chi connectivity index (χ4n) is 8.42. The van der Waals surface area contributed by atoms with Crippen LogP contribution in [0.5, 0.6) is 0 Å². The van der Waals surface area contributed by atoms with Gasteiger partial charge in [0.2, 0.25) is 0 Å². The number of benzene rings is 6. The Hall–Kier alpha value is -5.80. The minimum Gasteiger partial charge on any atom is -0.308 e. The summed E-state index contributed by atoms with van der Waals surface area (Å²) < 4.78 is 50.7. The van der Waals surface area contributed by atoms with Crippen LogP contribution in [0.25, 0.3) is 66.1 Å². The molecule has 2 aromatic heterocycles. The molecule has 0 spiro atoms. The van der Waals surface area contributed by atoms with Crippen molar-refractivity contribution < 1.29 is 13.2 Å². The highest BCUT2D eigenvalue weighted by Crippen LogP contribution is 2.44. The zero-order chi connectivity index (χ0) is 42.7. The lowest BCUT2D eigenvalue weighted by Crippen LogP contribution is -2.12. The Morgan fingerprint density at radius 1 is 0.441 bits per heavy atom. The minimum atomic E-state index is -1.28. The number of hydrogen-bond acceptors (Lipinski definition) is 1. The second kappa shape index (κ2) is 13.4. The van der Waals surface area contributed by atoms with E-state index in [9.17, 15) is 5.26 Å². The molecule has 0 atom stereocenters. The quantitative estimate of drug-likeness (QED) is 0.164. The molecule has 0 N–H and O–H groups in total. The molecule has 59 heavy (non-hydrogen) atoms. The Labute approximate surface area is 345 Å². The Morgan fingerprint density at radius 3 is 1.05 bits per heavy atom. The second-order valence-electron chi connectivity index (χ2n) is 20.3. The third-order valence-electron chi connectivity index (χ3n) is 12.0. The summed E-state index contributed by atoms with van der Waals surface area (Å²) in [5.74, 6) is -3.34. The molecule has 8 aromatic rings. The molecule has 6 aromatic carbocycles. The maximum absolute atomic E-state index is 16.1. The first-order chi connectivity index (χ1) is 27.5. The van der Waals surface area contributed by atoms with Crippen molar-refractivity contribution in [2.45, 2.75) is 105 Å². The van der Waals surface area contributed by atoms with Crippen LogP contribution < -0.4 is 0 Å². The molecule has 6 heteroatoms. The molecular weight excluding hydrogens is 736 g/mol. The predicted molar refractivity (Wildman–Crippen MR) is 240 cm³/mol. The average Bonchev–Trinajstić information content (AvgIpc) is 3.65. The summed E-state index contributed by atoms with van der Waals surface area (Å²) in [5.41, 5.74) is 8.43. The number of nitriles is 1. The highest BCUT2D eigenvalue weighted by molar-refractivity contribution is 6.12. The van der Waals surface area contributed by atoms with Crippen LogP contribution in [-0.2, 0) is 21.7 Å². The van der Waals surface area contributed by atoms with Crippen LogP contribution in [0.1, 0.15) is 111 Å². The van der Waals surface area contributed by atoms with Gasteiger partial charge in [-0.1, -0.05) is 132 Å². The zero-order valence-electron chi connectivity index (χ0n) is 36.2. The van der Waals surface area contributed by atoms with Crippen LogP contribution in [0.3, 0.4) is 0 Å². The van der Waals surface area contributed by atoms with Crippen LogP contribution in [0.4, 0.5) is 13.2 Å². The summed E-state index contributed by atoms with van der Waals surface area (Å²) in [7, 11) is 0. The monoisotopic (exact) mass is 787 g/mol. The van der Waals surface area contributed by atoms with Gasteiger partial charge in [-0.3, -0.25) is 0 Å². The van der Waals surface area contributed by atoms with E-state index in [1.54, 1.807) is 12.1 Å². The van der Waals surface area contributed by atoms with Crippen molar-refractivity contribution in [2.75, 3.05) is 0 Å². The first kappa shape index (κ1) is 40.0. The van der Waals surface area contributed by atoms with E-state index in [2.05, 4.69) is 171 Å². The first-order valence-corrected chi connectivity index (χ1v) is 20.4. The van der Waals surface area contributed by atoms with Crippen molar-refractivity contribution in [1.29, 1.82) is 5.26 Å². The van der Waals surface area contributed by atoms with Crippen molar-refractivity contribution in [2.24, 2.45) is 0 Å². The Bertz CT molecular complexity index is 2750. The summed E-state index contributed by atoms with van der Waals surface area (Å²) in [6.45, 7) is 26.0. The maximum Gasteiger partial charge on any atom is 0.166 e. The van der Waals surface area contributed by atoms with Gasteiger partial charge in [0.25, 0.3) is 0 Å². The average molecular weight is 788 g/mol. The van der Waals surface area contributed by atoms with Gasteiger partial charge >= 0.3 is 0 Å². The van der Waals surface area contributed by atoms with Gasteiger partial charge in [0, 0.05) is 33.2 Å². The lowest BCUT2D eigenvalue weighted by atomic mass is 9.86. The third kappa shape index (κ3) is 6.69. The first-order valence-electron chi connectivity index (χ1n) is 20.4. The van der Waals surface area contributed by atoms with Gasteiger partial charge < -0.3 is 9.13 Å². The standard InChI is InChI=1S/C53H52F3N3/c1-50(2,3)31-13-17-36-37-18-14-32(51(4,5)6)24-46(37)58(45(36)23-31)43-21-30(40-27-35(54)28-42(55)49(40)56)22-44(41(43)29-57)59-47-25-33(52(7,8)9)15-19-38(47)39-20-16-34(26-48(39)59)53(10,11)12/h13-28H,1-12H3. The van der Waals surface area contributed by atoms with Gasteiger partial charge in [0.05, 0.1) is 33.4 Å². The Balaban J connectivity index is 1.63. The smallest absolute Gasteiger partial charge is 0.166 e. The molecule has 0 fully saturated rings. The van der Waals surface area contributed by atoms with Gasteiger partial charge in [-0.15, -0.1) is 0 Å². The molecule has 0 saturated heterocycles. The van der Waals surface area contributed by atoms with E-state index in [0.29, 0.717) is 23.0 Å². The molecule has 2 heterocycles. The summed E-state index contributed by atoms with van der Waals surface area (Å²) in [6, 6.07) is 33.5. The molecule has 0 bridgehead atoms. The zero-order valence-corrected chi connectivity index (χ0v) is 36.2. The van der Waals surface area contributed by atoms with Gasteiger partial charge in [0.15, 0.2) is 11.6 Å². The number of halogens is 3. The number of fused-ring (bicyclic) bond motifs is 6. The topological polar surface area (TPSA) is 33.6 Å². The SMILES string of the molecule is CC(C)(C)c1ccc2c3ccc(C(C)(C)C)cc3n(-c3cc(-c4cc(F)cc(F)c4F)cc(-n4c5cc(C(C)(C)C)ccc5c5ccc(C(C)(C)C)cc54)c3C#N)c2c1. The summed E-state index contributed by atoms with van der Waals surface area (Å²) in [6.07, 6.45) is 0. The molecule has 0 aliphatic rings. The van der Waals surface area contributed by atoms with Gasteiger partial charge in [0.1, 0.15) is 17.4 Å². The van der Waals surface area contributed by atoms with Crippen molar-refractivity contribution in [3.63, 3.8) is 0 Å². The molecule has 0 aliphatic heterocycles. The normalized spacial score (nSPS) is 13.0. The van der Waals surface area contributed by atoms with E-state index in [4.69, 9.17) is 0 Å². The largest absolute Gasteiger partial charge is 0.308 e. The van der Waals surface area contributed by atoms with Crippen LogP contribution in [-0.4, -0.2) is 9.13 Å². The summed E-state index contributed by atoms with van der Waals surface area (Å²) >= 11 is 0. The molecular formula is C53H52F3N3. The highest BCUT2D eigenvalue weighted by Gasteiger charge is 2.28. The second-order valence-corrected chi connectivity index (χ2v) is 20.3. The van der Waals surface area contributed by atoms with Crippen molar-refractivity contribution in [3.05, 3.63) is 142 Å². The van der Waals surface area contributed by atoms with Crippen LogP contribution in [0, 0.1) is 28.8 Å². The van der Waals surface area contributed by atoms with Crippen LogP contribution in [0.2, 0.25) is 0 Å². The molecule has 3 nitrogen and oxygen atoms in total. The molecule has 8 rings (SSSR count). The number of hydrogen-bond donors (Lipinski definition) is 0. The fourth-order valence-corrected chi connectivity index (χ4v) is 8.42. The Kier molecular flexibility index (Phi) is 9.06. The van der Waals surface area contributed by atoms with Crippen molar-refractivity contribution >= 4 is 43.6 Å². The highest BCUT2D eigenvalue weighted by atomic mass is 19.2. The molecule has 0 unspecified atom stereocenters. The van der Waals surface area contributed by atoms with E-state index in [0.717, 1.165) is 71.9 Å². The maximum atomic E-state index is 16.1. The molecule has 300 valence electrons. The number of aromatic nitrogens is 2. The molecule has 0 amide bonds. The van der Waals surface area contributed by atoms with Gasteiger partial charge in [-0.2, -0.15) is 5.26 Å². The van der Waals surface area contributed by atoms with Gasteiger partial charge in [-0.25, -0.2) is 13.2 Å². The fraction of sp³-hybridized carbons (Fsp3) is 0.302. The van der Waals surface area contributed by atoms with E-state index < -0.39 is 17.5 Å². The predicted octanol–water partition coefficient (Wildman–Crippen LogP) is 15.0. The lowest BCUT2D eigenvalue weighted by Gasteiger charge is -2.23. The van der Waals surface area contributed by atoms with Crippen molar-refractivity contribution in [3.8, 4) is 28.6 Å². The van der Waals surface area contributed by atoms with Crippen LogP contribution >= 0.6 is 0 Å². The lowest BCUT2D eigenvalue weighted by molar-refractivity contribution is 0.497. The van der Waals surface area contributed by atoms with E-state index in [1.807, 2.05) is 0 Å². The van der Waals surface area contributed by atoms with E-state index >= 15 is 13.2 Å². The number of nitrogens with zero attached hydrogens (tertiary/aromatic N) is 3. The summed E-state index contributed by atoms with van der Waals surface area (Å²) in [4.78, 5) is 0. The Morgan fingerprint density at radius 2 is 0.763 bits per heavy atom. The van der Waals surface area contributed by atoms with E-state index in [-0.39, 0.29) is 32.8 Å². The summed E-state index contributed by atoms with van der Waals surface area (Å²) in [5, 5.41) is 15.5.